The monoisotopic (exact) mass is 615 g/mol. The van der Waals surface area contributed by atoms with Crippen LogP contribution in [-0.4, -0.2) is 62.5 Å². The number of hydrogen-bond donors (Lipinski definition) is 1. The van der Waals surface area contributed by atoms with Crippen LogP contribution in [0.5, 0.6) is 0 Å². The van der Waals surface area contributed by atoms with Crippen molar-refractivity contribution < 1.29 is 18.0 Å². The minimum Gasteiger partial charge on any atom is -0.348 e. The molecule has 4 aliphatic carbocycles. The number of carbonyl (C=O) groups is 2. The summed E-state index contributed by atoms with van der Waals surface area (Å²) >= 11 is 0. The molecule has 8 heteroatoms. The first kappa shape index (κ1) is 29.7. The van der Waals surface area contributed by atoms with Gasteiger partial charge in [0.25, 0.3) is 0 Å². The van der Waals surface area contributed by atoms with Gasteiger partial charge in [-0.25, -0.2) is 8.42 Å². The minimum atomic E-state index is -3.24. The molecule has 0 radical (unpaired) electrons. The third-order valence-corrected chi connectivity index (χ3v) is 12.5. The second-order valence-electron chi connectivity index (χ2n) is 14.5. The molecule has 1 spiro atoms. The van der Waals surface area contributed by atoms with Crippen LogP contribution in [0.15, 0.2) is 71.1 Å². The van der Waals surface area contributed by atoms with Gasteiger partial charge in [0, 0.05) is 25.9 Å². The molecule has 2 saturated heterocycles. The van der Waals surface area contributed by atoms with Crippen molar-refractivity contribution in [2.45, 2.75) is 75.3 Å². The topological polar surface area (TPSA) is 86.8 Å². The highest BCUT2D eigenvalue weighted by atomic mass is 32.2. The highest BCUT2D eigenvalue weighted by Crippen LogP contribution is 2.56. The van der Waals surface area contributed by atoms with Gasteiger partial charge in [-0.05, 0) is 106 Å². The van der Waals surface area contributed by atoms with Crippen molar-refractivity contribution in [3.05, 3.63) is 77.4 Å². The quantitative estimate of drug-likeness (QED) is 0.388. The third kappa shape index (κ3) is 5.76. The molecule has 7 nitrogen and oxygen atoms in total. The van der Waals surface area contributed by atoms with E-state index < -0.39 is 9.84 Å². The van der Waals surface area contributed by atoms with E-state index in [9.17, 15) is 18.0 Å². The predicted octanol–water partition coefficient (Wildman–Crippen LogP) is 5.29. The molecule has 2 heterocycles. The van der Waals surface area contributed by atoms with Crippen molar-refractivity contribution >= 4 is 21.7 Å². The second kappa shape index (κ2) is 11.4. The van der Waals surface area contributed by atoms with Gasteiger partial charge in [0.2, 0.25) is 11.8 Å². The number of likely N-dealkylation sites (tertiary alicyclic amines) is 2. The summed E-state index contributed by atoms with van der Waals surface area (Å²) in [7, 11) is -3.24. The molecular formula is C36H45N3O4S. The molecule has 44 heavy (non-hydrogen) atoms. The van der Waals surface area contributed by atoms with E-state index in [1.807, 2.05) is 23.1 Å². The molecular weight excluding hydrogens is 570 g/mol. The molecule has 1 N–H and O–H groups in total. The van der Waals surface area contributed by atoms with Gasteiger partial charge in [0.05, 0.1) is 21.8 Å². The molecule has 2 aromatic rings. The maximum Gasteiger partial charge on any atom is 0.230 e. The fraction of sp³-hybridized carbons (Fsp3) is 0.556. The average molecular weight is 616 g/mol. The highest BCUT2D eigenvalue weighted by Gasteiger charge is 2.51. The number of allylic oxidation sites excluding steroid dienone is 1. The van der Waals surface area contributed by atoms with Crippen LogP contribution < -0.4 is 5.32 Å². The molecule has 2 aliphatic heterocycles. The predicted molar refractivity (Wildman–Crippen MR) is 170 cm³/mol. The number of nitrogens with one attached hydrogen (secondary N) is 1. The van der Waals surface area contributed by atoms with Crippen LogP contribution >= 0.6 is 0 Å². The first-order valence-electron chi connectivity index (χ1n) is 16.5. The number of amides is 2. The zero-order chi connectivity index (χ0) is 30.5. The van der Waals surface area contributed by atoms with Gasteiger partial charge in [-0.3, -0.25) is 9.59 Å². The molecule has 0 aromatic heterocycles. The normalized spacial score (nSPS) is 28.3. The number of piperidine rings is 1. The number of benzene rings is 2. The third-order valence-electron chi connectivity index (χ3n) is 11.4. The Labute approximate surface area is 262 Å². The Kier molecular flexibility index (Phi) is 7.72. The Morgan fingerprint density at radius 3 is 2.25 bits per heavy atom. The van der Waals surface area contributed by atoms with Crippen molar-refractivity contribution in [1.82, 2.24) is 15.1 Å². The molecule has 2 aromatic carbocycles. The summed E-state index contributed by atoms with van der Waals surface area (Å²) < 4.78 is 23.6. The number of nitrogens with zero attached hydrogens (tertiary/aromatic N) is 2. The van der Waals surface area contributed by atoms with Gasteiger partial charge >= 0.3 is 0 Å². The fourth-order valence-corrected chi connectivity index (χ4v) is 9.79. The van der Waals surface area contributed by atoms with E-state index in [0.29, 0.717) is 23.3 Å². The zero-order valence-corrected chi connectivity index (χ0v) is 26.7. The van der Waals surface area contributed by atoms with Gasteiger partial charge < -0.3 is 15.1 Å². The minimum absolute atomic E-state index is 0.0244. The summed E-state index contributed by atoms with van der Waals surface area (Å²) in [5.41, 5.74) is 3.04. The van der Waals surface area contributed by atoms with Gasteiger partial charge in [0.1, 0.15) is 0 Å². The molecule has 2 saturated carbocycles. The summed E-state index contributed by atoms with van der Waals surface area (Å²) in [5.74, 6) is 1.82. The van der Waals surface area contributed by atoms with Crippen molar-refractivity contribution in [1.29, 1.82) is 0 Å². The molecule has 2 amide bonds. The lowest BCUT2D eigenvalue weighted by Gasteiger charge is -2.51. The van der Waals surface area contributed by atoms with Crippen molar-refractivity contribution in [2.24, 2.45) is 22.7 Å². The average Bonchev–Trinajstić information content (AvgIpc) is 3.29. The maximum atomic E-state index is 13.9. The van der Waals surface area contributed by atoms with Crippen LogP contribution in [0.4, 0.5) is 0 Å². The van der Waals surface area contributed by atoms with Crippen LogP contribution in [0.2, 0.25) is 0 Å². The molecule has 2 unspecified atom stereocenters. The van der Waals surface area contributed by atoms with Crippen molar-refractivity contribution in [3.63, 3.8) is 0 Å². The van der Waals surface area contributed by atoms with Crippen molar-refractivity contribution in [2.75, 3.05) is 32.4 Å². The summed E-state index contributed by atoms with van der Waals surface area (Å²) in [6.45, 7) is 3.93. The molecule has 6 aliphatic rings. The summed E-state index contributed by atoms with van der Waals surface area (Å²) in [4.78, 5) is 32.3. The number of rotatable bonds is 9. The van der Waals surface area contributed by atoms with E-state index in [-0.39, 0.29) is 28.7 Å². The molecule has 4 fully saturated rings. The Balaban J connectivity index is 0.956. The lowest BCUT2D eigenvalue weighted by molar-refractivity contribution is -0.139. The standard InChI is InChI=1S/C36H45N3O4S/c1-44(42,43)31-9-7-26(8-10-31)25-39-18-14-35(34(39)41)12-16-38(17-13-35)15-11-32(30-5-3-2-4-6-30)37-33(40)36-22-27-19-28(23-36)21-29(20-27)24-36/h2-10,22,28-29,32H,11-21,23-25H2,1H3,(H,37,40)/t28?,29?,32-,36?/m0/s1. The molecule has 4 bridgehead atoms. The van der Waals surface area contributed by atoms with E-state index >= 15 is 0 Å². The molecule has 3 atom stereocenters. The first-order valence-corrected chi connectivity index (χ1v) is 18.4. The van der Waals surface area contributed by atoms with E-state index in [1.54, 1.807) is 12.1 Å². The lowest BCUT2D eigenvalue weighted by Crippen LogP contribution is -2.50. The van der Waals surface area contributed by atoms with Crippen LogP contribution in [-0.2, 0) is 26.0 Å². The SMILES string of the molecule is CS(=O)(=O)c1ccc(CN2CCC3(CCN(CC[C@H](NC(=O)C45C=C6CC(CC(C6)C4)C5)c4ccccc4)CC3)C2=O)cc1. The van der Waals surface area contributed by atoms with Gasteiger partial charge in [-0.2, -0.15) is 0 Å². The first-order chi connectivity index (χ1) is 21.1. The molecule has 234 valence electrons. The summed E-state index contributed by atoms with van der Waals surface area (Å²) in [6, 6.07) is 17.3. The molecule has 8 rings (SSSR count). The maximum absolute atomic E-state index is 13.9. The number of sulfone groups is 1. The largest absolute Gasteiger partial charge is 0.348 e. The lowest BCUT2D eigenvalue weighted by atomic mass is 9.54. The number of hydrogen-bond acceptors (Lipinski definition) is 5. The van der Waals surface area contributed by atoms with Crippen LogP contribution in [0.3, 0.4) is 0 Å². The van der Waals surface area contributed by atoms with E-state index in [0.717, 1.165) is 75.8 Å². The van der Waals surface area contributed by atoms with E-state index in [4.69, 9.17) is 0 Å². The van der Waals surface area contributed by atoms with E-state index in [2.05, 4.69) is 40.6 Å². The Hall–Kier alpha value is -2.97. The second-order valence-corrected chi connectivity index (χ2v) is 16.5. The van der Waals surface area contributed by atoms with Crippen LogP contribution in [0, 0.1) is 22.7 Å². The summed E-state index contributed by atoms with van der Waals surface area (Å²) in [5, 5.41) is 3.52. The van der Waals surface area contributed by atoms with Gasteiger partial charge in [0.15, 0.2) is 9.84 Å². The Morgan fingerprint density at radius 1 is 0.955 bits per heavy atom. The number of carbonyl (C=O) groups excluding carboxylic acids is 2. The van der Waals surface area contributed by atoms with Crippen molar-refractivity contribution in [3.8, 4) is 0 Å². The fourth-order valence-electron chi connectivity index (χ4n) is 9.16. The highest BCUT2D eigenvalue weighted by molar-refractivity contribution is 7.90. The summed E-state index contributed by atoms with van der Waals surface area (Å²) in [6.07, 6.45) is 12.7. The van der Waals surface area contributed by atoms with Crippen LogP contribution in [0.1, 0.15) is 75.0 Å². The van der Waals surface area contributed by atoms with E-state index in [1.165, 1.54) is 31.1 Å². The Morgan fingerprint density at radius 2 is 1.61 bits per heavy atom. The zero-order valence-electron chi connectivity index (χ0n) is 25.8. The van der Waals surface area contributed by atoms with Crippen LogP contribution in [0.25, 0.3) is 0 Å². The Bertz CT molecular complexity index is 1530. The smallest absolute Gasteiger partial charge is 0.230 e. The van der Waals surface area contributed by atoms with Gasteiger partial charge in [-0.15, -0.1) is 0 Å². The van der Waals surface area contributed by atoms with Gasteiger partial charge in [-0.1, -0.05) is 54.1 Å².